The largest absolute Gasteiger partial charge is 0.374 e. The van der Waals surface area contributed by atoms with Crippen LogP contribution in [0.2, 0.25) is 0 Å². The Bertz CT molecular complexity index is 688. The van der Waals surface area contributed by atoms with E-state index in [-0.39, 0.29) is 0 Å². The second-order valence-electron chi connectivity index (χ2n) is 5.85. The lowest BCUT2D eigenvalue weighted by Gasteiger charge is -2.13. The molecule has 6 nitrogen and oxygen atoms in total. The molecule has 0 radical (unpaired) electrons. The molecule has 1 fully saturated rings. The monoisotopic (exact) mass is 349 g/mol. The smallest absolute Gasteiger partial charge is 0.184 e. The minimum Gasteiger partial charge on any atom is -0.374 e. The van der Waals surface area contributed by atoms with Crippen LogP contribution < -0.4 is 5.32 Å². The van der Waals surface area contributed by atoms with Crippen molar-refractivity contribution < 1.29 is 9.50 Å². The first kappa shape index (κ1) is 16.9. The summed E-state index contributed by atoms with van der Waals surface area (Å²) in [6.07, 6.45) is 8.64. The Balaban J connectivity index is 1.50. The Morgan fingerprint density at radius 3 is 2.96 bits per heavy atom. The van der Waals surface area contributed by atoms with Crippen LogP contribution in [0.3, 0.4) is 0 Å². The molecule has 1 aliphatic heterocycles. The van der Waals surface area contributed by atoms with Gasteiger partial charge in [0.25, 0.3) is 0 Å². The summed E-state index contributed by atoms with van der Waals surface area (Å²) in [4.78, 5) is 15.7. The van der Waals surface area contributed by atoms with E-state index in [1.807, 2.05) is 12.3 Å². The first-order valence-corrected chi connectivity index (χ1v) is 8.67. The molecule has 8 heteroatoms. The topological polar surface area (TPSA) is 74.2 Å². The zero-order valence-electron chi connectivity index (χ0n) is 13.4. The van der Waals surface area contributed by atoms with E-state index in [1.165, 1.54) is 17.3 Å². The molecule has 2 atom stereocenters. The molecule has 0 amide bonds. The van der Waals surface area contributed by atoms with Crippen molar-refractivity contribution in [1.82, 2.24) is 19.9 Å². The first-order valence-electron chi connectivity index (χ1n) is 7.86. The number of thiazole rings is 1. The predicted molar refractivity (Wildman–Crippen MR) is 91.8 cm³/mol. The number of halogens is 1. The van der Waals surface area contributed by atoms with Crippen molar-refractivity contribution in [2.75, 3.05) is 18.4 Å². The lowest BCUT2D eigenvalue weighted by Crippen LogP contribution is -2.19. The Morgan fingerprint density at radius 2 is 2.21 bits per heavy atom. The Kier molecular flexibility index (Phi) is 5.49. The SMILES string of the molecule is CC(O)Nc1ncc(CN2CCC(/C=C/c3ncc(F)cn3)C2)s1. The number of aliphatic hydroxyl groups excluding tert-OH is 1. The Morgan fingerprint density at radius 1 is 1.42 bits per heavy atom. The van der Waals surface area contributed by atoms with Gasteiger partial charge in [-0.2, -0.15) is 0 Å². The summed E-state index contributed by atoms with van der Waals surface area (Å²) in [5.41, 5.74) is 0. The van der Waals surface area contributed by atoms with Crippen molar-refractivity contribution in [3.05, 3.63) is 41.2 Å². The van der Waals surface area contributed by atoms with E-state index >= 15 is 0 Å². The molecule has 2 aromatic heterocycles. The quantitative estimate of drug-likeness (QED) is 0.780. The van der Waals surface area contributed by atoms with Crippen LogP contribution in [0, 0.1) is 11.7 Å². The number of hydrogen-bond donors (Lipinski definition) is 2. The molecule has 3 rings (SSSR count). The molecule has 0 aromatic carbocycles. The van der Waals surface area contributed by atoms with Crippen LogP contribution in [-0.2, 0) is 6.54 Å². The van der Waals surface area contributed by atoms with Gasteiger partial charge in [-0.25, -0.2) is 19.3 Å². The van der Waals surface area contributed by atoms with Crippen molar-refractivity contribution in [3.8, 4) is 0 Å². The average Bonchev–Trinajstić information content (AvgIpc) is 3.16. The van der Waals surface area contributed by atoms with Gasteiger partial charge in [-0.15, -0.1) is 11.3 Å². The molecule has 2 N–H and O–H groups in total. The third-order valence-corrected chi connectivity index (χ3v) is 4.65. The minimum absolute atomic E-state index is 0.423. The number of rotatable bonds is 6. The molecule has 0 aliphatic carbocycles. The lowest BCUT2D eigenvalue weighted by molar-refractivity contribution is 0.224. The van der Waals surface area contributed by atoms with Gasteiger partial charge in [0.1, 0.15) is 6.23 Å². The molecule has 2 unspecified atom stereocenters. The highest BCUT2D eigenvalue weighted by Gasteiger charge is 2.21. The molecule has 0 bridgehead atoms. The highest BCUT2D eigenvalue weighted by molar-refractivity contribution is 7.15. The van der Waals surface area contributed by atoms with Gasteiger partial charge in [0.15, 0.2) is 16.8 Å². The number of aliphatic hydroxyl groups is 1. The third-order valence-electron chi connectivity index (χ3n) is 3.73. The maximum Gasteiger partial charge on any atom is 0.184 e. The van der Waals surface area contributed by atoms with E-state index in [2.05, 4.69) is 31.2 Å². The van der Waals surface area contributed by atoms with E-state index in [1.54, 1.807) is 18.3 Å². The van der Waals surface area contributed by atoms with Gasteiger partial charge in [-0.3, -0.25) is 4.90 Å². The molecule has 1 saturated heterocycles. The predicted octanol–water partition coefficient (Wildman–Crippen LogP) is 2.36. The van der Waals surface area contributed by atoms with Gasteiger partial charge in [-0.1, -0.05) is 6.08 Å². The Labute approximate surface area is 144 Å². The Hall–Kier alpha value is -1.90. The molecule has 0 spiro atoms. The van der Waals surface area contributed by atoms with Crippen molar-refractivity contribution >= 4 is 22.5 Å². The van der Waals surface area contributed by atoms with E-state index in [0.717, 1.165) is 31.2 Å². The fraction of sp³-hybridized carbons (Fsp3) is 0.438. The highest BCUT2D eigenvalue weighted by atomic mass is 32.1. The number of aromatic nitrogens is 3. The van der Waals surface area contributed by atoms with Gasteiger partial charge < -0.3 is 10.4 Å². The number of anilines is 1. The van der Waals surface area contributed by atoms with Crippen molar-refractivity contribution in [3.63, 3.8) is 0 Å². The van der Waals surface area contributed by atoms with Crippen molar-refractivity contribution in [2.24, 2.45) is 5.92 Å². The van der Waals surface area contributed by atoms with Gasteiger partial charge in [0.05, 0.1) is 12.4 Å². The van der Waals surface area contributed by atoms with Gasteiger partial charge in [0, 0.05) is 24.2 Å². The van der Waals surface area contributed by atoms with Crippen LogP contribution in [0.25, 0.3) is 6.08 Å². The van der Waals surface area contributed by atoms with Crippen molar-refractivity contribution in [1.29, 1.82) is 0 Å². The normalized spacial score (nSPS) is 19.9. The minimum atomic E-state index is -0.598. The summed E-state index contributed by atoms with van der Waals surface area (Å²) in [6, 6.07) is 0. The summed E-state index contributed by atoms with van der Waals surface area (Å²) in [5, 5.41) is 12.9. The number of hydrogen-bond acceptors (Lipinski definition) is 7. The molecule has 1 aliphatic rings. The molecule has 2 aromatic rings. The van der Waals surface area contributed by atoms with Crippen molar-refractivity contribution in [2.45, 2.75) is 26.1 Å². The zero-order chi connectivity index (χ0) is 16.9. The van der Waals surface area contributed by atoms with E-state index in [9.17, 15) is 9.50 Å². The fourth-order valence-electron chi connectivity index (χ4n) is 2.64. The van der Waals surface area contributed by atoms with E-state index < -0.39 is 12.0 Å². The van der Waals surface area contributed by atoms with Crippen LogP contribution in [0.15, 0.2) is 24.7 Å². The summed E-state index contributed by atoms with van der Waals surface area (Å²) in [6.45, 7) is 4.52. The van der Waals surface area contributed by atoms with Crippen LogP contribution in [0.5, 0.6) is 0 Å². The van der Waals surface area contributed by atoms with Gasteiger partial charge >= 0.3 is 0 Å². The van der Waals surface area contributed by atoms with E-state index in [0.29, 0.717) is 11.7 Å². The van der Waals surface area contributed by atoms with Gasteiger partial charge in [0.2, 0.25) is 0 Å². The van der Waals surface area contributed by atoms with Crippen LogP contribution in [-0.4, -0.2) is 44.3 Å². The van der Waals surface area contributed by atoms with Crippen LogP contribution in [0.4, 0.5) is 9.52 Å². The third kappa shape index (κ3) is 4.80. The van der Waals surface area contributed by atoms with Crippen LogP contribution in [0.1, 0.15) is 24.0 Å². The van der Waals surface area contributed by atoms with Crippen LogP contribution >= 0.6 is 11.3 Å². The average molecular weight is 349 g/mol. The summed E-state index contributed by atoms with van der Waals surface area (Å²) >= 11 is 1.56. The maximum atomic E-state index is 12.8. The molecular weight excluding hydrogens is 329 g/mol. The number of nitrogens with one attached hydrogen (secondary N) is 1. The molecule has 0 saturated carbocycles. The summed E-state index contributed by atoms with van der Waals surface area (Å²) in [5.74, 6) is 0.556. The molecular formula is C16H20FN5OS. The summed E-state index contributed by atoms with van der Waals surface area (Å²) in [7, 11) is 0. The summed E-state index contributed by atoms with van der Waals surface area (Å²) < 4.78 is 12.8. The highest BCUT2D eigenvalue weighted by Crippen LogP contribution is 2.24. The fourth-order valence-corrected chi connectivity index (χ4v) is 3.58. The molecule has 24 heavy (non-hydrogen) atoms. The first-order chi connectivity index (χ1) is 11.6. The number of nitrogens with zero attached hydrogens (tertiary/aromatic N) is 4. The second-order valence-corrected chi connectivity index (χ2v) is 6.97. The van der Waals surface area contributed by atoms with Gasteiger partial charge in [-0.05, 0) is 31.9 Å². The lowest BCUT2D eigenvalue weighted by atomic mass is 10.1. The molecule has 3 heterocycles. The standard InChI is InChI=1S/C16H20FN5OS/c1-11(23)21-16-20-8-14(24-16)10-22-5-4-12(9-22)2-3-15-18-6-13(17)7-19-15/h2-3,6-8,11-12,23H,4-5,9-10H2,1H3,(H,20,21)/b3-2+. The molecule has 128 valence electrons. The van der Waals surface area contributed by atoms with E-state index in [4.69, 9.17) is 0 Å². The second kappa shape index (κ2) is 7.78. The number of likely N-dealkylation sites (tertiary alicyclic amines) is 1. The zero-order valence-corrected chi connectivity index (χ0v) is 14.2. The maximum absolute atomic E-state index is 12.8.